The predicted octanol–water partition coefficient (Wildman–Crippen LogP) is 2.70. The number of amides is 1. The minimum absolute atomic E-state index is 0.100. The summed E-state index contributed by atoms with van der Waals surface area (Å²) in [4.78, 5) is 13.4. The third kappa shape index (κ3) is 4.76. The van der Waals surface area contributed by atoms with Crippen molar-refractivity contribution in [1.82, 2.24) is 0 Å². The summed E-state index contributed by atoms with van der Waals surface area (Å²) in [5.41, 5.74) is 0.701. The Morgan fingerprint density at radius 1 is 1.09 bits per heavy atom. The van der Waals surface area contributed by atoms with Crippen molar-refractivity contribution >= 4 is 23.2 Å². The Morgan fingerprint density at radius 2 is 1.68 bits per heavy atom. The number of rotatable bonds is 7. The quantitative estimate of drug-likeness (QED) is 0.798. The Bertz CT molecular complexity index is 577. The van der Waals surface area contributed by atoms with Crippen LogP contribution in [0.2, 0.25) is 0 Å². The lowest BCUT2D eigenvalue weighted by Gasteiger charge is -2.24. The molecule has 0 aliphatic carbocycles. The summed E-state index contributed by atoms with van der Waals surface area (Å²) in [6.45, 7) is 0.227. The van der Waals surface area contributed by atoms with E-state index in [2.05, 4.69) is 0 Å². The van der Waals surface area contributed by atoms with Crippen LogP contribution in [0.1, 0.15) is 0 Å². The molecule has 0 saturated carbocycles. The molecule has 0 bridgehead atoms. The molecule has 0 spiro atoms. The van der Waals surface area contributed by atoms with Crippen LogP contribution in [-0.2, 0) is 4.79 Å². The van der Waals surface area contributed by atoms with Gasteiger partial charge in [-0.15, -0.1) is 11.6 Å². The molecule has 1 amide bonds. The standard InChI is InChI=1S/C17H18ClNO3/c18-11-17(21)19(14-7-3-1-4-8-14)12-15(20)13-22-16-9-5-2-6-10-16/h1-10,15,20H,11-13H2. The molecule has 0 radical (unpaired) electrons. The summed E-state index contributed by atoms with van der Waals surface area (Å²) >= 11 is 5.65. The second kappa shape index (κ2) is 8.41. The first-order chi connectivity index (χ1) is 10.7. The highest BCUT2D eigenvalue weighted by Crippen LogP contribution is 2.15. The van der Waals surface area contributed by atoms with E-state index >= 15 is 0 Å². The molecule has 2 aromatic carbocycles. The Kier molecular flexibility index (Phi) is 6.25. The number of anilines is 1. The van der Waals surface area contributed by atoms with Gasteiger partial charge < -0.3 is 14.7 Å². The molecule has 0 aromatic heterocycles. The van der Waals surface area contributed by atoms with Gasteiger partial charge in [0.2, 0.25) is 5.91 Å². The van der Waals surface area contributed by atoms with Crippen LogP contribution < -0.4 is 9.64 Å². The van der Waals surface area contributed by atoms with Gasteiger partial charge in [-0.1, -0.05) is 36.4 Å². The lowest BCUT2D eigenvalue weighted by molar-refractivity contribution is -0.116. The molecule has 5 heteroatoms. The molecule has 2 rings (SSSR count). The van der Waals surface area contributed by atoms with Gasteiger partial charge in [-0.3, -0.25) is 4.79 Å². The molecule has 2 aromatic rings. The van der Waals surface area contributed by atoms with Crippen LogP contribution in [0.25, 0.3) is 0 Å². The largest absolute Gasteiger partial charge is 0.491 e. The van der Waals surface area contributed by atoms with E-state index in [0.717, 1.165) is 0 Å². The normalized spacial score (nSPS) is 11.7. The third-order valence-corrected chi connectivity index (χ3v) is 3.29. The molecule has 0 saturated heterocycles. The van der Waals surface area contributed by atoms with Gasteiger partial charge >= 0.3 is 0 Å². The van der Waals surface area contributed by atoms with Gasteiger partial charge in [-0.2, -0.15) is 0 Å². The van der Waals surface area contributed by atoms with Gasteiger partial charge in [0.15, 0.2) is 0 Å². The first kappa shape index (κ1) is 16.3. The van der Waals surface area contributed by atoms with E-state index < -0.39 is 6.10 Å². The van der Waals surface area contributed by atoms with Crippen molar-refractivity contribution in [2.45, 2.75) is 6.10 Å². The molecule has 22 heavy (non-hydrogen) atoms. The highest BCUT2D eigenvalue weighted by atomic mass is 35.5. The second-order valence-corrected chi connectivity index (χ2v) is 5.02. The topological polar surface area (TPSA) is 49.8 Å². The maximum Gasteiger partial charge on any atom is 0.241 e. The van der Waals surface area contributed by atoms with Crippen molar-refractivity contribution in [2.24, 2.45) is 0 Å². The molecule has 116 valence electrons. The molecule has 0 aliphatic rings. The molecule has 1 atom stereocenters. The number of benzene rings is 2. The van der Waals surface area contributed by atoms with Crippen molar-refractivity contribution < 1.29 is 14.6 Å². The third-order valence-electron chi connectivity index (χ3n) is 3.06. The number of aliphatic hydroxyl groups is 1. The number of alkyl halides is 1. The Balaban J connectivity index is 1.96. The van der Waals surface area contributed by atoms with Gasteiger partial charge in [0.25, 0.3) is 0 Å². The summed E-state index contributed by atoms with van der Waals surface area (Å²) in [5.74, 6) is 0.282. The number of ether oxygens (including phenoxy) is 1. The minimum Gasteiger partial charge on any atom is -0.491 e. The lowest BCUT2D eigenvalue weighted by atomic mass is 10.2. The molecule has 0 aliphatic heterocycles. The summed E-state index contributed by atoms with van der Waals surface area (Å²) in [6.07, 6.45) is -0.812. The molecular weight excluding hydrogens is 302 g/mol. The SMILES string of the molecule is O=C(CCl)N(CC(O)COc1ccccc1)c1ccccc1. The highest BCUT2D eigenvalue weighted by Gasteiger charge is 2.19. The van der Waals surface area contributed by atoms with Crippen LogP contribution in [0.5, 0.6) is 5.75 Å². The smallest absolute Gasteiger partial charge is 0.241 e. The van der Waals surface area contributed by atoms with E-state index in [1.807, 2.05) is 48.5 Å². The predicted molar refractivity (Wildman–Crippen MR) is 87.5 cm³/mol. The Morgan fingerprint density at radius 3 is 2.27 bits per heavy atom. The number of halogens is 1. The van der Waals surface area contributed by atoms with Crippen molar-refractivity contribution in [3.05, 3.63) is 60.7 Å². The number of hydrogen-bond acceptors (Lipinski definition) is 3. The van der Waals surface area contributed by atoms with E-state index in [0.29, 0.717) is 11.4 Å². The fourth-order valence-corrected chi connectivity index (χ4v) is 2.15. The van der Waals surface area contributed by atoms with Crippen LogP contribution in [0, 0.1) is 0 Å². The zero-order valence-electron chi connectivity index (χ0n) is 12.1. The fourth-order valence-electron chi connectivity index (χ4n) is 2.00. The number of nitrogens with zero attached hydrogens (tertiary/aromatic N) is 1. The van der Waals surface area contributed by atoms with Gasteiger partial charge in [-0.25, -0.2) is 0 Å². The lowest BCUT2D eigenvalue weighted by Crippen LogP contribution is -2.40. The fraction of sp³-hybridized carbons (Fsp3) is 0.235. The Hall–Kier alpha value is -2.04. The number of para-hydroxylation sites is 2. The highest BCUT2D eigenvalue weighted by molar-refractivity contribution is 6.29. The van der Waals surface area contributed by atoms with E-state index in [1.165, 1.54) is 4.90 Å². The summed E-state index contributed by atoms with van der Waals surface area (Å²) in [5, 5.41) is 10.1. The molecular formula is C17H18ClNO3. The van der Waals surface area contributed by atoms with E-state index in [1.54, 1.807) is 12.1 Å². The number of aliphatic hydroxyl groups excluding tert-OH is 1. The van der Waals surface area contributed by atoms with Gasteiger partial charge in [0.1, 0.15) is 24.3 Å². The van der Waals surface area contributed by atoms with Crippen LogP contribution in [0.15, 0.2) is 60.7 Å². The molecule has 0 fully saturated rings. The maximum absolute atomic E-state index is 12.0. The van der Waals surface area contributed by atoms with Crippen LogP contribution >= 0.6 is 11.6 Å². The maximum atomic E-state index is 12.0. The van der Waals surface area contributed by atoms with E-state index in [4.69, 9.17) is 16.3 Å². The van der Waals surface area contributed by atoms with Crippen LogP contribution in [-0.4, -0.2) is 36.1 Å². The number of carbonyl (C=O) groups excluding carboxylic acids is 1. The van der Waals surface area contributed by atoms with Gasteiger partial charge in [0, 0.05) is 5.69 Å². The first-order valence-electron chi connectivity index (χ1n) is 6.98. The van der Waals surface area contributed by atoms with Crippen molar-refractivity contribution in [2.75, 3.05) is 23.9 Å². The van der Waals surface area contributed by atoms with Crippen molar-refractivity contribution in [3.63, 3.8) is 0 Å². The second-order valence-electron chi connectivity index (χ2n) is 4.75. The monoisotopic (exact) mass is 319 g/mol. The van der Waals surface area contributed by atoms with Crippen molar-refractivity contribution in [1.29, 1.82) is 0 Å². The van der Waals surface area contributed by atoms with Crippen LogP contribution in [0.3, 0.4) is 0 Å². The van der Waals surface area contributed by atoms with E-state index in [9.17, 15) is 9.90 Å². The first-order valence-corrected chi connectivity index (χ1v) is 7.51. The van der Waals surface area contributed by atoms with E-state index in [-0.39, 0.29) is 24.9 Å². The average molecular weight is 320 g/mol. The zero-order valence-corrected chi connectivity index (χ0v) is 12.8. The minimum atomic E-state index is -0.812. The average Bonchev–Trinajstić information content (AvgIpc) is 2.59. The van der Waals surface area contributed by atoms with Gasteiger partial charge in [0.05, 0.1) is 6.54 Å². The molecule has 1 N–H and O–H groups in total. The molecule has 1 unspecified atom stereocenters. The Labute approximate surface area is 134 Å². The summed E-state index contributed by atoms with van der Waals surface area (Å²) in [6, 6.07) is 18.3. The molecule has 0 heterocycles. The zero-order chi connectivity index (χ0) is 15.8. The number of carbonyl (C=O) groups is 1. The van der Waals surface area contributed by atoms with Crippen molar-refractivity contribution in [3.8, 4) is 5.75 Å². The number of hydrogen-bond donors (Lipinski definition) is 1. The van der Waals surface area contributed by atoms with Crippen LogP contribution in [0.4, 0.5) is 5.69 Å². The summed E-state index contributed by atoms with van der Waals surface area (Å²) < 4.78 is 5.50. The van der Waals surface area contributed by atoms with Gasteiger partial charge in [-0.05, 0) is 24.3 Å². The molecule has 4 nitrogen and oxygen atoms in total. The summed E-state index contributed by atoms with van der Waals surface area (Å²) in [7, 11) is 0.